The minimum atomic E-state index is -0.314. The van der Waals surface area contributed by atoms with Crippen LogP contribution in [0.1, 0.15) is 25.7 Å². The predicted molar refractivity (Wildman–Crippen MR) is 80.3 cm³/mol. The molecule has 2 nitrogen and oxygen atoms in total. The van der Waals surface area contributed by atoms with Crippen molar-refractivity contribution < 1.29 is 4.39 Å². The van der Waals surface area contributed by atoms with Crippen molar-refractivity contribution in [1.82, 2.24) is 4.90 Å². The van der Waals surface area contributed by atoms with E-state index in [4.69, 9.17) is 11.6 Å². The van der Waals surface area contributed by atoms with Crippen molar-refractivity contribution in [2.75, 3.05) is 12.4 Å². The summed E-state index contributed by atoms with van der Waals surface area (Å²) in [5.74, 6) is -0.314. The first-order chi connectivity index (χ1) is 9.04. The van der Waals surface area contributed by atoms with Gasteiger partial charge in [-0.15, -0.1) is 0 Å². The van der Waals surface area contributed by atoms with Crippen LogP contribution in [0.25, 0.3) is 0 Å². The van der Waals surface area contributed by atoms with E-state index in [2.05, 4.69) is 33.2 Å². The molecule has 2 aliphatic heterocycles. The third-order valence-corrected chi connectivity index (χ3v) is 5.38. The van der Waals surface area contributed by atoms with Crippen LogP contribution in [0.15, 0.2) is 16.6 Å². The number of hydrogen-bond acceptors (Lipinski definition) is 2. The first-order valence-electron chi connectivity index (χ1n) is 6.67. The molecule has 0 amide bonds. The van der Waals surface area contributed by atoms with Crippen molar-refractivity contribution in [1.29, 1.82) is 0 Å². The SMILES string of the molecule is CN1C2CCC1CC(Nc1c(Cl)cc(F)cc1Br)C2. The Labute approximate surface area is 126 Å². The zero-order valence-electron chi connectivity index (χ0n) is 10.8. The fraction of sp³-hybridized carbons (Fsp3) is 0.571. The number of piperidine rings is 1. The molecule has 2 unspecified atom stereocenters. The lowest BCUT2D eigenvalue weighted by Crippen LogP contribution is -2.44. The van der Waals surface area contributed by atoms with E-state index in [9.17, 15) is 4.39 Å². The molecule has 3 rings (SSSR count). The number of halogens is 3. The van der Waals surface area contributed by atoms with Crippen molar-refractivity contribution in [3.63, 3.8) is 0 Å². The second kappa shape index (κ2) is 5.23. The molecule has 0 saturated carbocycles. The minimum absolute atomic E-state index is 0.314. The highest BCUT2D eigenvalue weighted by molar-refractivity contribution is 9.10. The van der Waals surface area contributed by atoms with Crippen LogP contribution in [-0.4, -0.2) is 30.1 Å². The monoisotopic (exact) mass is 346 g/mol. The van der Waals surface area contributed by atoms with Gasteiger partial charge >= 0.3 is 0 Å². The second-order valence-corrected chi connectivity index (χ2v) is 6.87. The van der Waals surface area contributed by atoms with E-state index in [1.54, 1.807) is 0 Å². The Bertz CT molecular complexity index is 459. The highest BCUT2D eigenvalue weighted by atomic mass is 79.9. The van der Waals surface area contributed by atoms with Gasteiger partial charge in [0.05, 0.1) is 10.7 Å². The molecule has 1 aromatic carbocycles. The topological polar surface area (TPSA) is 15.3 Å². The normalized spacial score (nSPS) is 30.6. The van der Waals surface area contributed by atoms with Crippen molar-refractivity contribution in [3.8, 4) is 0 Å². The van der Waals surface area contributed by atoms with Crippen LogP contribution in [0.5, 0.6) is 0 Å². The van der Waals surface area contributed by atoms with Gasteiger partial charge in [0.25, 0.3) is 0 Å². The second-order valence-electron chi connectivity index (χ2n) is 5.61. The van der Waals surface area contributed by atoms with Gasteiger partial charge in [-0.1, -0.05) is 11.6 Å². The number of nitrogens with one attached hydrogen (secondary N) is 1. The van der Waals surface area contributed by atoms with Crippen LogP contribution in [0.4, 0.5) is 10.1 Å². The summed E-state index contributed by atoms with van der Waals surface area (Å²) in [4.78, 5) is 2.50. The van der Waals surface area contributed by atoms with Crippen LogP contribution in [0.3, 0.4) is 0 Å². The van der Waals surface area contributed by atoms with Gasteiger partial charge in [-0.3, -0.25) is 0 Å². The average molecular weight is 348 g/mol. The molecule has 1 N–H and O–H groups in total. The fourth-order valence-corrected chi connectivity index (χ4v) is 4.34. The molecule has 5 heteroatoms. The van der Waals surface area contributed by atoms with Gasteiger partial charge in [-0.25, -0.2) is 4.39 Å². The number of benzene rings is 1. The maximum atomic E-state index is 13.2. The summed E-state index contributed by atoms with van der Waals surface area (Å²) in [6.07, 6.45) is 4.84. The Morgan fingerprint density at radius 3 is 2.53 bits per heavy atom. The number of nitrogens with zero attached hydrogens (tertiary/aromatic N) is 1. The highest BCUT2D eigenvalue weighted by Gasteiger charge is 2.38. The lowest BCUT2D eigenvalue weighted by atomic mass is 9.98. The van der Waals surface area contributed by atoms with Crippen molar-refractivity contribution in [3.05, 3.63) is 27.4 Å². The van der Waals surface area contributed by atoms with E-state index in [0.717, 1.165) is 18.5 Å². The summed E-state index contributed by atoms with van der Waals surface area (Å²) in [6, 6.07) is 4.59. The first-order valence-corrected chi connectivity index (χ1v) is 7.84. The van der Waals surface area contributed by atoms with Crippen LogP contribution in [0, 0.1) is 5.82 Å². The Morgan fingerprint density at radius 1 is 1.32 bits per heavy atom. The summed E-state index contributed by atoms with van der Waals surface area (Å²) in [6.45, 7) is 0. The fourth-order valence-electron chi connectivity index (χ4n) is 3.41. The maximum absolute atomic E-state index is 13.2. The molecule has 2 heterocycles. The van der Waals surface area contributed by atoms with Crippen molar-refractivity contribution >= 4 is 33.2 Å². The molecule has 2 aliphatic rings. The Hall–Kier alpha value is -0.320. The summed E-state index contributed by atoms with van der Waals surface area (Å²) in [7, 11) is 2.22. The molecule has 2 atom stereocenters. The standard InChI is InChI=1S/C14H17BrClFN2/c1-19-10-2-3-11(19)7-9(6-10)18-14-12(15)4-8(17)5-13(14)16/h4-5,9-11,18H,2-3,6-7H2,1H3. The van der Waals surface area contributed by atoms with Crippen molar-refractivity contribution in [2.45, 2.75) is 43.8 Å². The van der Waals surface area contributed by atoms with E-state index in [0.29, 0.717) is 27.6 Å². The van der Waals surface area contributed by atoms with Gasteiger partial charge in [0, 0.05) is 22.6 Å². The minimum Gasteiger partial charge on any atom is -0.380 e. The first kappa shape index (κ1) is 13.7. The van der Waals surface area contributed by atoms with Crippen LogP contribution < -0.4 is 5.32 Å². The van der Waals surface area contributed by atoms with Gasteiger partial charge in [0.1, 0.15) is 5.82 Å². The van der Waals surface area contributed by atoms with E-state index < -0.39 is 0 Å². The van der Waals surface area contributed by atoms with Crippen LogP contribution >= 0.6 is 27.5 Å². The molecule has 1 aromatic rings. The van der Waals surface area contributed by atoms with E-state index >= 15 is 0 Å². The number of rotatable bonds is 2. The van der Waals surface area contributed by atoms with E-state index in [-0.39, 0.29) is 5.82 Å². The molecule has 0 radical (unpaired) electrons. The zero-order valence-corrected chi connectivity index (χ0v) is 13.1. The Morgan fingerprint density at radius 2 is 1.95 bits per heavy atom. The summed E-state index contributed by atoms with van der Waals surface area (Å²) >= 11 is 9.51. The van der Waals surface area contributed by atoms with Gasteiger partial charge in [0.15, 0.2) is 0 Å². The molecule has 2 saturated heterocycles. The molecular formula is C14H17BrClFN2. The zero-order chi connectivity index (χ0) is 13.6. The molecule has 19 heavy (non-hydrogen) atoms. The maximum Gasteiger partial charge on any atom is 0.125 e. The third-order valence-electron chi connectivity index (χ3n) is 4.45. The van der Waals surface area contributed by atoms with E-state index in [1.807, 2.05) is 0 Å². The summed E-state index contributed by atoms with van der Waals surface area (Å²) in [5, 5.41) is 3.94. The molecule has 2 bridgehead atoms. The third kappa shape index (κ3) is 2.63. The summed E-state index contributed by atoms with van der Waals surface area (Å²) in [5.41, 5.74) is 0.817. The largest absolute Gasteiger partial charge is 0.380 e. The molecular weight excluding hydrogens is 331 g/mol. The lowest BCUT2D eigenvalue weighted by Gasteiger charge is -2.37. The van der Waals surface area contributed by atoms with Gasteiger partial charge in [-0.05, 0) is 60.8 Å². The lowest BCUT2D eigenvalue weighted by molar-refractivity contribution is 0.169. The average Bonchev–Trinajstić information content (AvgIpc) is 2.58. The molecule has 0 spiro atoms. The van der Waals surface area contributed by atoms with Gasteiger partial charge in [-0.2, -0.15) is 0 Å². The highest BCUT2D eigenvalue weighted by Crippen LogP contribution is 2.38. The van der Waals surface area contributed by atoms with Gasteiger partial charge in [0.2, 0.25) is 0 Å². The molecule has 0 aliphatic carbocycles. The van der Waals surface area contributed by atoms with Gasteiger partial charge < -0.3 is 10.2 Å². The molecule has 0 aromatic heterocycles. The predicted octanol–water partition coefficient (Wildman–Crippen LogP) is 4.28. The Kier molecular flexibility index (Phi) is 3.76. The van der Waals surface area contributed by atoms with Crippen molar-refractivity contribution in [2.24, 2.45) is 0 Å². The quantitative estimate of drug-likeness (QED) is 0.859. The molecule has 104 valence electrons. The Balaban J connectivity index is 1.76. The molecule has 2 fully saturated rings. The van der Waals surface area contributed by atoms with Crippen LogP contribution in [0.2, 0.25) is 5.02 Å². The number of hydrogen-bond donors (Lipinski definition) is 1. The number of fused-ring (bicyclic) bond motifs is 2. The number of anilines is 1. The van der Waals surface area contributed by atoms with E-state index in [1.165, 1.54) is 25.0 Å². The smallest absolute Gasteiger partial charge is 0.125 e. The summed E-state index contributed by atoms with van der Waals surface area (Å²) < 4.78 is 13.9. The van der Waals surface area contributed by atoms with Crippen LogP contribution in [-0.2, 0) is 0 Å².